The fourth-order valence-corrected chi connectivity index (χ4v) is 3.28. The maximum absolute atomic E-state index is 13.4. The first kappa shape index (κ1) is 18.7. The van der Waals surface area contributed by atoms with Crippen molar-refractivity contribution in [2.24, 2.45) is 5.10 Å². The Hall–Kier alpha value is -3.04. The van der Waals surface area contributed by atoms with Gasteiger partial charge in [0.05, 0.1) is 10.7 Å². The Morgan fingerprint density at radius 3 is 2.59 bits per heavy atom. The van der Waals surface area contributed by atoms with Crippen molar-refractivity contribution in [2.45, 2.75) is 31.9 Å². The first-order chi connectivity index (χ1) is 12.9. The van der Waals surface area contributed by atoms with Crippen molar-refractivity contribution in [3.63, 3.8) is 0 Å². The van der Waals surface area contributed by atoms with E-state index in [9.17, 15) is 13.2 Å². The van der Waals surface area contributed by atoms with Crippen LogP contribution in [0.3, 0.4) is 0 Å². The summed E-state index contributed by atoms with van der Waals surface area (Å²) in [6.07, 6.45) is -2.44. The minimum atomic E-state index is -4.57. The van der Waals surface area contributed by atoms with Gasteiger partial charge in [0.1, 0.15) is 17.8 Å². The summed E-state index contributed by atoms with van der Waals surface area (Å²) < 4.78 is 41.5. The molecule has 1 aliphatic carbocycles. The molecule has 0 unspecified atom stereocenters. The molecule has 0 saturated carbocycles. The molecule has 0 radical (unpaired) electrons. The summed E-state index contributed by atoms with van der Waals surface area (Å²) in [5.41, 5.74) is 2.23. The maximum Gasteiger partial charge on any atom is 0.435 e. The number of hydrazone groups is 1. The van der Waals surface area contributed by atoms with E-state index >= 15 is 0 Å². The molecule has 10 heteroatoms. The van der Waals surface area contributed by atoms with Gasteiger partial charge < -0.3 is 0 Å². The standard InChI is InChI=1S/C17H12ClF3N6/c18-12-5-3-6-13(25-24-10(8-22)9-23)15(12)27-14-7-2-1-4-11(14)16(26-27)17(19,20)21/h3,5-6,25H,1-2,4,7H2. The highest BCUT2D eigenvalue weighted by Crippen LogP contribution is 2.39. The summed E-state index contributed by atoms with van der Waals surface area (Å²) in [4.78, 5) is 0. The van der Waals surface area contributed by atoms with Gasteiger partial charge >= 0.3 is 6.18 Å². The van der Waals surface area contributed by atoms with Crippen LogP contribution in [0.4, 0.5) is 18.9 Å². The Morgan fingerprint density at radius 2 is 1.93 bits per heavy atom. The van der Waals surface area contributed by atoms with Gasteiger partial charge in [-0.1, -0.05) is 17.7 Å². The third-order valence-electron chi connectivity index (χ3n) is 4.15. The van der Waals surface area contributed by atoms with Gasteiger partial charge in [-0.3, -0.25) is 5.43 Å². The van der Waals surface area contributed by atoms with Crippen molar-refractivity contribution >= 4 is 23.0 Å². The van der Waals surface area contributed by atoms with Crippen molar-refractivity contribution in [3.05, 3.63) is 40.2 Å². The van der Waals surface area contributed by atoms with E-state index in [2.05, 4.69) is 15.6 Å². The average molecular weight is 393 g/mol. The lowest BCUT2D eigenvalue weighted by atomic mass is 9.95. The van der Waals surface area contributed by atoms with Crippen molar-refractivity contribution in [3.8, 4) is 17.8 Å². The summed E-state index contributed by atoms with van der Waals surface area (Å²) >= 11 is 6.25. The molecule has 138 valence electrons. The zero-order chi connectivity index (χ0) is 19.6. The Morgan fingerprint density at radius 1 is 1.22 bits per heavy atom. The van der Waals surface area contributed by atoms with Gasteiger partial charge in [-0.15, -0.1) is 0 Å². The molecule has 27 heavy (non-hydrogen) atoms. The van der Waals surface area contributed by atoms with E-state index in [-0.39, 0.29) is 22.0 Å². The summed E-state index contributed by atoms with van der Waals surface area (Å²) in [5, 5.41) is 25.2. The fraction of sp³-hybridized carbons (Fsp3) is 0.294. The monoisotopic (exact) mass is 392 g/mol. The van der Waals surface area contributed by atoms with E-state index in [1.54, 1.807) is 18.2 Å². The minimum Gasteiger partial charge on any atom is -0.274 e. The predicted octanol–water partition coefficient (Wildman–Crippen LogP) is 4.24. The number of para-hydroxylation sites is 1. The summed E-state index contributed by atoms with van der Waals surface area (Å²) in [6, 6.07) is 7.80. The zero-order valence-corrected chi connectivity index (χ0v) is 14.6. The molecule has 1 aromatic carbocycles. The largest absolute Gasteiger partial charge is 0.435 e. The molecule has 0 atom stereocenters. The molecule has 0 amide bonds. The second kappa shape index (κ2) is 7.29. The number of anilines is 1. The number of alkyl halides is 3. The van der Waals surface area contributed by atoms with Crippen LogP contribution in [-0.2, 0) is 19.0 Å². The highest BCUT2D eigenvalue weighted by molar-refractivity contribution is 6.33. The van der Waals surface area contributed by atoms with Gasteiger partial charge in [0, 0.05) is 11.3 Å². The van der Waals surface area contributed by atoms with E-state index in [1.165, 1.54) is 16.8 Å². The van der Waals surface area contributed by atoms with E-state index in [4.69, 9.17) is 22.1 Å². The van der Waals surface area contributed by atoms with Crippen LogP contribution in [-0.4, -0.2) is 15.5 Å². The molecule has 0 fully saturated rings. The predicted molar refractivity (Wildman–Crippen MR) is 92.5 cm³/mol. The smallest absolute Gasteiger partial charge is 0.274 e. The normalized spacial score (nSPS) is 13.3. The Balaban J connectivity index is 2.18. The third-order valence-corrected chi connectivity index (χ3v) is 4.45. The number of nitriles is 2. The van der Waals surface area contributed by atoms with E-state index < -0.39 is 17.6 Å². The lowest BCUT2D eigenvalue weighted by molar-refractivity contribution is -0.142. The second-order valence-corrected chi connectivity index (χ2v) is 6.23. The molecule has 0 saturated heterocycles. The van der Waals surface area contributed by atoms with Crippen LogP contribution in [0.5, 0.6) is 0 Å². The lowest BCUT2D eigenvalue weighted by Gasteiger charge is -2.17. The van der Waals surface area contributed by atoms with Gasteiger partial charge in [-0.25, -0.2) is 4.68 Å². The number of aromatic nitrogens is 2. The SMILES string of the molecule is N#CC(C#N)=NNc1cccc(Cl)c1-n1nc(C(F)(F)F)c2c1CCCC2. The number of rotatable bonds is 3. The van der Waals surface area contributed by atoms with Crippen molar-refractivity contribution in [1.29, 1.82) is 10.5 Å². The third kappa shape index (κ3) is 3.60. The molecule has 1 heterocycles. The zero-order valence-electron chi connectivity index (χ0n) is 13.8. The first-order valence-corrected chi connectivity index (χ1v) is 8.35. The number of hydrogen-bond donors (Lipinski definition) is 1. The molecule has 1 aromatic heterocycles. The Bertz CT molecular complexity index is 978. The van der Waals surface area contributed by atoms with Crippen molar-refractivity contribution < 1.29 is 13.2 Å². The molecule has 1 N–H and O–H groups in total. The van der Waals surface area contributed by atoms with Crippen LogP contribution in [0.25, 0.3) is 5.69 Å². The summed E-state index contributed by atoms with van der Waals surface area (Å²) in [5.74, 6) is 0. The molecule has 0 spiro atoms. The second-order valence-electron chi connectivity index (χ2n) is 5.82. The van der Waals surface area contributed by atoms with E-state index in [0.29, 0.717) is 25.0 Å². The van der Waals surface area contributed by atoms with E-state index in [0.717, 1.165) is 6.42 Å². The van der Waals surface area contributed by atoms with Gasteiger partial charge in [0.15, 0.2) is 5.69 Å². The van der Waals surface area contributed by atoms with Crippen molar-refractivity contribution in [1.82, 2.24) is 9.78 Å². The molecule has 2 aromatic rings. The highest BCUT2D eigenvalue weighted by Gasteiger charge is 2.40. The maximum atomic E-state index is 13.4. The van der Waals surface area contributed by atoms with Crippen LogP contribution in [0, 0.1) is 22.7 Å². The van der Waals surface area contributed by atoms with Crippen LogP contribution in [0.15, 0.2) is 23.3 Å². The molecule has 0 bridgehead atoms. The average Bonchev–Trinajstić information content (AvgIpc) is 3.02. The molecule has 3 rings (SSSR count). The van der Waals surface area contributed by atoms with Gasteiger partial charge in [-0.05, 0) is 37.8 Å². The number of nitrogens with one attached hydrogen (secondary N) is 1. The van der Waals surface area contributed by atoms with Gasteiger partial charge in [0.2, 0.25) is 5.71 Å². The first-order valence-electron chi connectivity index (χ1n) is 7.97. The van der Waals surface area contributed by atoms with Crippen LogP contribution >= 0.6 is 11.6 Å². The van der Waals surface area contributed by atoms with Crippen molar-refractivity contribution in [2.75, 3.05) is 5.43 Å². The molecule has 6 nitrogen and oxygen atoms in total. The Kier molecular flexibility index (Phi) is 5.06. The summed E-state index contributed by atoms with van der Waals surface area (Å²) in [7, 11) is 0. The number of halogens is 4. The van der Waals surface area contributed by atoms with Crippen LogP contribution in [0.1, 0.15) is 29.8 Å². The number of hydrogen-bond acceptors (Lipinski definition) is 5. The lowest BCUT2D eigenvalue weighted by Crippen LogP contribution is -2.11. The molecule has 0 aliphatic heterocycles. The highest BCUT2D eigenvalue weighted by atomic mass is 35.5. The van der Waals surface area contributed by atoms with Gasteiger partial charge in [0.25, 0.3) is 0 Å². The molecule has 1 aliphatic rings. The number of benzene rings is 1. The minimum absolute atomic E-state index is 0.162. The fourth-order valence-electron chi connectivity index (χ4n) is 3.02. The number of fused-ring (bicyclic) bond motifs is 1. The Labute approximate surface area is 157 Å². The molecular weight excluding hydrogens is 381 g/mol. The van der Waals surface area contributed by atoms with E-state index in [1.807, 2.05) is 0 Å². The topological polar surface area (TPSA) is 89.8 Å². The quantitative estimate of drug-likeness (QED) is 0.625. The molecular formula is C17H12ClF3N6. The summed E-state index contributed by atoms with van der Waals surface area (Å²) in [6.45, 7) is 0. The van der Waals surface area contributed by atoms with Gasteiger partial charge in [-0.2, -0.15) is 33.9 Å². The van der Waals surface area contributed by atoms with Crippen LogP contribution in [0.2, 0.25) is 5.02 Å². The number of nitrogens with zero attached hydrogens (tertiary/aromatic N) is 5. The van der Waals surface area contributed by atoms with Crippen LogP contribution < -0.4 is 5.43 Å².